The molecule has 1 aromatic carbocycles. The predicted octanol–water partition coefficient (Wildman–Crippen LogP) is 7.36. The highest BCUT2D eigenvalue weighted by atomic mass is 32.2. The first kappa shape index (κ1) is 91.3. The van der Waals surface area contributed by atoms with Crippen molar-refractivity contribution in [2.45, 2.75) is 273 Å². The third-order valence-corrected chi connectivity index (χ3v) is 20.6. The van der Waals surface area contributed by atoms with Crippen LogP contribution in [0.2, 0.25) is 0 Å². The van der Waals surface area contributed by atoms with Gasteiger partial charge in [-0.25, -0.2) is 4.79 Å². The van der Waals surface area contributed by atoms with E-state index in [9.17, 15) is 29.1 Å². The van der Waals surface area contributed by atoms with Crippen molar-refractivity contribution < 1.29 is 67.4 Å². The minimum atomic E-state index is -1.64. The van der Waals surface area contributed by atoms with Gasteiger partial charge in [-0.3, -0.25) is 52.7 Å². The van der Waals surface area contributed by atoms with Crippen molar-refractivity contribution in [3.05, 3.63) is 35.9 Å². The molecule has 5 N–H and O–H groups in total. The second-order valence-electron chi connectivity index (χ2n) is 30.6. The summed E-state index contributed by atoms with van der Waals surface area (Å²) >= 11 is 1.09. The number of esters is 1. The molecule has 1 aromatic rings. The van der Waals surface area contributed by atoms with Gasteiger partial charge in [-0.15, -0.1) is 11.8 Å². The van der Waals surface area contributed by atoms with Crippen molar-refractivity contribution in [1.82, 2.24) is 55.6 Å². The zero-order valence-electron chi connectivity index (χ0n) is 66.3. The van der Waals surface area contributed by atoms with E-state index in [1.54, 1.807) is 71.9 Å². The third kappa shape index (κ3) is 27.0. The van der Waals surface area contributed by atoms with E-state index in [0.717, 1.165) is 42.3 Å². The molecule has 102 heavy (non-hydrogen) atoms. The van der Waals surface area contributed by atoms with Gasteiger partial charge in [0.15, 0.2) is 5.37 Å². The predicted molar refractivity (Wildman–Crippen MR) is 400 cm³/mol. The molecule has 0 unspecified atom stereocenters. The van der Waals surface area contributed by atoms with Crippen LogP contribution >= 0.6 is 11.8 Å². The van der Waals surface area contributed by atoms with E-state index in [1.807, 2.05) is 55.4 Å². The maximum atomic E-state index is 15.5. The van der Waals surface area contributed by atoms with Crippen LogP contribution in [0.5, 0.6) is 0 Å². The summed E-state index contributed by atoms with van der Waals surface area (Å²) in [5.74, 6) is -10.4. The Balaban J connectivity index is 3.10. The zero-order chi connectivity index (χ0) is 77.9. The fourth-order valence-corrected chi connectivity index (χ4v) is 14.1. The number of aliphatic hydroxyl groups is 1. The number of unbranched alkanes of at least 4 members (excludes halogenated alkanes) is 5. The molecule has 26 heteroatoms. The number of carbonyl (C=O) groups is 12. The number of nitrogens with one attached hydrogen (secondary N) is 4. The highest BCUT2D eigenvalue weighted by Gasteiger charge is 2.47. The van der Waals surface area contributed by atoms with Crippen molar-refractivity contribution >= 4 is 82.7 Å². The molecule has 580 valence electrons. The lowest BCUT2D eigenvalue weighted by Crippen LogP contribution is -2.64. The number of hydrogen-bond acceptors (Lipinski definition) is 15. The number of ether oxygens (including phenoxy) is 1. The van der Waals surface area contributed by atoms with Gasteiger partial charge in [0.2, 0.25) is 59.1 Å². The Kier molecular flexibility index (Phi) is 39.4. The Labute approximate surface area is 614 Å². The summed E-state index contributed by atoms with van der Waals surface area (Å²) in [5, 5.41) is 22.4. The van der Waals surface area contributed by atoms with Crippen LogP contribution in [-0.4, -0.2) is 244 Å². The van der Waals surface area contributed by atoms with E-state index in [1.165, 1.54) is 92.6 Å². The number of thioether (sulfide) groups is 1. The van der Waals surface area contributed by atoms with Gasteiger partial charge < -0.3 is 65.4 Å². The van der Waals surface area contributed by atoms with Crippen LogP contribution in [0, 0.1) is 41.4 Å². The average molecular weight is 1460 g/mol. The van der Waals surface area contributed by atoms with Crippen LogP contribution < -0.4 is 21.3 Å². The smallest absolute Gasteiger partial charge is 0.338 e. The van der Waals surface area contributed by atoms with E-state index in [2.05, 4.69) is 28.2 Å². The number of carbonyl (C=O) groups excluding carboxylic acids is 12. The van der Waals surface area contributed by atoms with E-state index < -0.39 is 161 Å². The highest BCUT2D eigenvalue weighted by Crippen LogP contribution is 2.28. The molecule has 25 nitrogen and oxygen atoms in total. The largest absolute Gasteiger partial charge is 0.462 e. The van der Waals surface area contributed by atoms with Crippen molar-refractivity contribution in [1.29, 1.82) is 0 Å². The molecule has 2 rings (SSSR count). The van der Waals surface area contributed by atoms with Gasteiger partial charge in [0.05, 0.1) is 18.3 Å². The van der Waals surface area contributed by atoms with Crippen LogP contribution in [0.3, 0.4) is 0 Å². The van der Waals surface area contributed by atoms with E-state index in [4.69, 9.17) is 4.74 Å². The molecule has 0 aliphatic carbocycles. The highest BCUT2D eigenvalue weighted by molar-refractivity contribution is 8.00. The molecule has 1 saturated heterocycles. The van der Waals surface area contributed by atoms with E-state index in [0.29, 0.717) is 31.2 Å². The second-order valence-corrected chi connectivity index (χ2v) is 31.8. The monoisotopic (exact) mass is 1450 g/mol. The van der Waals surface area contributed by atoms with Crippen LogP contribution in [0.15, 0.2) is 30.3 Å². The summed E-state index contributed by atoms with van der Waals surface area (Å²) in [6.07, 6.45) is 4.78. The topological polar surface area (TPSA) is 305 Å². The quantitative estimate of drug-likeness (QED) is 0.0447. The second kappa shape index (κ2) is 44.1. The average Bonchev–Trinajstić information content (AvgIpc) is 0.802. The molecule has 13 atom stereocenters. The Hall–Kier alpha value is -6.83. The number of benzene rings is 1. The molecule has 1 fully saturated rings. The molecule has 0 bridgehead atoms. The standard InChI is InChI=1S/C76H131N11O14S/c1-25-27-28-29-31-36-51(15)63(88)62-67(92)79-55(26-2)69(94)87(24)75(102-40-35-34-39-101-76(100)54-37-32-30-33-38-54)74(99)82(19)57(42-46(5)6)66(91)80-60(49(11)12)72(97)81(18)56(41-45(3)4)65(90)77-52(16)64(89)78-53(17)68(93)83(20)58(43-47(7)8)70(95)84(21)59(44-48(9)10)71(96)85(22)61(50(13)14)73(98)86(62)23/h30,32-33,37-38,45-53,55-63,75,88H,25-29,31,34-36,39-44H2,1-24H3,(H,77,90)(H,78,89)(H,79,92)(H,80,91)/t51-,52+,53-,55+,56+,57+,58+,59+,60+,61+,62+,63-,75-/m1/s1. The lowest BCUT2D eigenvalue weighted by atomic mass is 9.90. The Morgan fingerprint density at radius 1 is 0.461 bits per heavy atom. The van der Waals surface area contributed by atoms with Crippen LogP contribution in [-0.2, 0) is 57.5 Å². The molecule has 11 amide bonds. The maximum Gasteiger partial charge on any atom is 0.338 e. The first-order valence-corrected chi connectivity index (χ1v) is 38.3. The van der Waals surface area contributed by atoms with Gasteiger partial charge >= 0.3 is 5.97 Å². The summed E-state index contributed by atoms with van der Waals surface area (Å²) in [5.41, 5.74) is 0.379. The number of nitrogens with zero attached hydrogens (tertiary/aromatic N) is 7. The molecule has 0 radical (unpaired) electrons. The SMILES string of the molecule is CCCCCCC[C@@H](C)[C@@H](O)[C@H]1C(=O)N[C@@H](CC)C(=O)N(C)[C@H](SCCCCOC(=O)c2ccccc2)C(=O)N(C)[C@@H](CC(C)C)C(=O)N[C@@H](C(C)C)C(=O)N(C)[C@@H](CC(C)C)C(=O)N[C@@H](C)C(=O)N[C@H](C)C(=O)N(C)[C@@H](CC(C)C)C(=O)N(C)[C@@H](CC(C)C)C(=O)N(C)[C@@H](C(C)C)C(=O)N1C. The van der Waals surface area contributed by atoms with Gasteiger partial charge in [0.25, 0.3) is 5.91 Å². The van der Waals surface area contributed by atoms with Crippen molar-refractivity contribution in [3.63, 3.8) is 0 Å². The number of amides is 11. The number of aliphatic hydroxyl groups excluding tert-OH is 1. The fraction of sp³-hybridized carbons (Fsp3) is 0.763. The van der Waals surface area contributed by atoms with Gasteiger partial charge in [0, 0.05) is 49.3 Å². The summed E-state index contributed by atoms with van der Waals surface area (Å²) in [6, 6.07) is -4.27. The number of rotatable bonds is 26. The lowest BCUT2D eigenvalue weighted by Gasteiger charge is -2.41. The summed E-state index contributed by atoms with van der Waals surface area (Å²) in [7, 11) is 10.0. The Morgan fingerprint density at radius 2 is 0.922 bits per heavy atom. The normalized spacial score (nSPS) is 25.0. The maximum absolute atomic E-state index is 15.5. The van der Waals surface area contributed by atoms with Crippen LogP contribution in [0.1, 0.15) is 212 Å². The summed E-state index contributed by atoms with van der Waals surface area (Å²) in [6.45, 7) is 30.4. The Bertz CT molecular complexity index is 2900. The van der Waals surface area contributed by atoms with Gasteiger partial charge in [-0.1, -0.05) is 154 Å². The van der Waals surface area contributed by atoms with E-state index >= 15 is 33.6 Å². The molecule has 1 heterocycles. The van der Waals surface area contributed by atoms with Crippen molar-refractivity contribution in [2.24, 2.45) is 41.4 Å². The van der Waals surface area contributed by atoms with E-state index in [-0.39, 0.29) is 68.1 Å². The molecular formula is C76H131N11O14S. The third-order valence-electron chi connectivity index (χ3n) is 19.3. The summed E-state index contributed by atoms with van der Waals surface area (Å²) in [4.78, 5) is 187. The van der Waals surface area contributed by atoms with Crippen LogP contribution in [0.25, 0.3) is 0 Å². The first-order chi connectivity index (χ1) is 47.6. The molecule has 0 spiro atoms. The molecular weight excluding hydrogens is 1320 g/mol. The molecule has 1 aliphatic rings. The summed E-state index contributed by atoms with van der Waals surface area (Å²) < 4.78 is 5.55. The minimum absolute atomic E-state index is 0.0297. The van der Waals surface area contributed by atoms with Crippen LogP contribution in [0.4, 0.5) is 0 Å². The minimum Gasteiger partial charge on any atom is -0.462 e. The van der Waals surface area contributed by atoms with Crippen molar-refractivity contribution in [2.75, 3.05) is 61.7 Å². The number of hydrogen-bond donors (Lipinski definition) is 5. The Morgan fingerprint density at radius 3 is 1.42 bits per heavy atom. The fourth-order valence-electron chi connectivity index (χ4n) is 12.9. The van der Waals surface area contributed by atoms with Gasteiger partial charge in [-0.05, 0) is 125 Å². The molecule has 0 saturated carbocycles. The van der Waals surface area contributed by atoms with Gasteiger partial charge in [0.1, 0.15) is 60.4 Å². The molecule has 1 aliphatic heterocycles. The molecule has 0 aromatic heterocycles. The van der Waals surface area contributed by atoms with Gasteiger partial charge in [-0.2, -0.15) is 0 Å². The number of likely N-dealkylation sites (N-methyl/N-ethyl adjacent to an activating group) is 7. The first-order valence-electron chi connectivity index (χ1n) is 37.2. The zero-order valence-corrected chi connectivity index (χ0v) is 67.1. The lowest BCUT2D eigenvalue weighted by molar-refractivity contribution is -0.157. The van der Waals surface area contributed by atoms with Crippen molar-refractivity contribution in [3.8, 4) is 0 Å².